The maximum atomic E-state index is 12.2. The molecule has 2 rings (SSSR count). The highest BCUT2D eigenvalue weighted by Gasteiger charge is 2.20. The lowest BCUT2D eigenvalue weighted by molar-refractivity contribution is 0.262. The van der Waals surface area contributed by atoms with Gasteiger partial charge in [0.15, 0.2) is 0 Å². The molecule has 0 aliphatic heterocycles. The van der Waals surface area contributed by atoms with E-state index in [-0.39, 0.29) is 5.56 Å². The van der Waals surface area contributed by atoms with E-state index in [1.807, 2.05) is 0 Å². The van der Waals surface area contributed by atoms with Crippen LogP contribution in [0.25, 0.3) is 0 Å². The second kappa shape index (κ2) is 6.63. The SMILES string of the molecule is C#CCCCNc1c(Cl)cnn(CC2CCC2)c1=O. The molecule has 0 radical (unpaired) electrons. The first-order valence-corrected chi connectivity index (χ1v) is 7.03. The summed E-state index contributed by atoms with van der Waals surface area (Å²) in [5.74, 6) is 3.15. The number of aromatic nitrogens is 2. The molecule has 5 heteroatoms. The van der Waals surface area contributed by atoms with Gasteiger partial charge in [-0.2, -0.15) is 5.10 Å². The molecule has 0 saturated heterocycles. The molecule has 1 aromatic rings. The molecule has 0 bridgehead atoms. The number of hydrogen-bond donors (Lipinski definition) is 1. The van der Waals surface area contributed by atoms with Gasteiger partial charge in [0.05, 0.1) is 11.2 Å². The molecule has 1 aliphatic rings. The Kier molecular flexibility index (Phi) is 4.86. The lowest BCUT2D eigenvalue weighted by Crippen LogP contribution is -2.31. The van der Waals surface area contributed by atoms with Gasteiger partial charge in [0.2, 0.25) is 0 Å². The van der Waals surface area contributed by atoms with E-state index in [0.29, 0.717) is 36.1 Å². The summed E-state index contributed by atoms with van der Waals surface area (Å²) in [6.45, 7) is 1.33. The smallest absolute Gasteiger partial charge is 0.291 e. The zero-order valence-electron chi connectivity index (χ0n) is 10.9. The van der Waals surface area contributed by atoms with Crippen molar-refractivity contribution in [1.82, 2.24) is 9.78 Å². The van der Waals surface area contributed by atoms with Crippen LogP contribution in [0, 0.1) is 18.3 Å². The summed E-state index contributed by atoms with van der Waals surface area (Å²) in [6, 6.07) is 0. The summed E-state index contributed by atoms with van der Waals surface area (Å²) in [7, 11) is 0. The Morgan fingerprint density at radius 2 is 2.37 bits per heavy atom. The van der Waals surface area contributed by atoms with Crippen molar-refractivity contribution in [1.29, 1.82) is 0 Å². The number of nitrogens with zero attached hydrogens (tertiary/aromatic N) is 2. The van der Waals surface area contributed by atoms with Crippen LogP contribution >= 0.6 is 11.6 Å². The van der Waals surface area contributed by atoms with E-state index >= 15 is 0 Å². The average Bonchev–Trinajstić information content (AvgIpc) is 2.35. The third kappa shape index (κ3) is 3.51. The topological polar surface area (TPSA) is 46.9 Å². The molecule has 0 amide bonds. The number of halogens is 1. The standard InChI is InChI=1S/C14H18ClN3O/c1-2-3-4-8-16-13-12(15)9-17-18(14(13)19)10-11-6-5-7-11/h1,9,11,16H,3-8,10H2. The fourth-order valence-electron chi connectivity index (χ4n) is 2.08. The van der Waals surface area contributed by atoms with Crippen molar-refractivity contribution in [3.8, 4) is 12.3 Å². The van der Waals surface area contributed by atoms with Crippen LogP contribution < -0.4 is 10.9 Å². The maximum absolute atomic E-state index is 12.2. The molecule has 1 N–H and O–H groups in total. The summed E-state index contributed by atoms with van der Waals surface area (Å²) in [4.78, 5) is 12.2. The van der Waals surface area contributed by atoms with E-state index < -0.39 is 0 Å². The minimum Gasteiger partial charge on any atom is -0.379 e. The molecular weight excluding hydrogens is 262 g/mol. The molecule has 0 aromatic carbocycles. The number of hydrogen-bond acceptors (Lipinski definition) is 3. The summed E-state index contributed by atoms with van der Waals surface area (Å²) in [5.41, 5.74) is 0.299. The molecule has 1 aromatic heterocycles. The second-order valence-corrected chi connectivity index (χ2v) is 5.29. The zero-order chi connectivity index (χ0) is 13.7. The maximum Gasteiger partial charge on any atom is 0.291 e. The van der Waals surface area contributed by atoms with Crippen molar-refractivity contribution >= 4 is 17.3 Å². The third-order valence-corrected chi connectivity index (χ3v) is 3.74. The van der Waals surface area contributed by atoms with Crippen LogP contribution in [0.5, 0.6) is 0 Å². The van der Waals surface area contributed by atoms with Gasteiger partial charge < -0.3 is 5.32 Å². The van der Waals surface area contributed by atoms with Gasteiger partial charge in [0, 0.05) is 19.5 Å². The highest BCUT2D eigenvalue weighted by Crippen LogP contribution is 2.27. The van der Waals surface area contributed by atoms with Gasteiger partial charge in [-0.1, -0.05) is 18.0 Å². The Balaban J connectivity index is 2.05. The summed E-state index contributed by atoms with van der Waals surface area (Å²) in [5, 5.41) is 7.54. The lowest BCUT2D eigenvalue weighted by atomic mass is 9.85. The first kappa shape index (κ1) is 14.0. The number of unbranched alkanes of at least 4 members (excludes halogenated alkanes) is 1. The third-order valence-electron chi connectivity index (χ3n) is 3.45. The Morgan fingerprint density at radius 1 is 1.58 bits per heavy atom. The first-order valence-electron chi connectivity index (χ1n) is 6.65. The Labute approximate surface area is 118 Å². The fourth-order valence-corrected chi connectivity index (χ4v) is 2.27. The minimum atomic E-state index is -0.139. The van der Waals surface area contributed by atoms with Crippen molar-refractivity contribution in [2.24, 2.45) is 5.92 Å². The Hall–Kier alpha value is -1.47. The largest absolute Gasteiger partial charge is 0.379 e. The highest BCUT2D eigenvalue weighted by molar-refractivity contribution is 6.32. The Bertz CT molecular complexity index is 528. The van der Waals surface area contributed by atoms with E-state index in [2.05, 4.69) is 16.3 Å². The predicted molar refractivity (Wildman–Crippen MR) is 77.4 cm³/mol. The molecule has 1 fully saturated rings. The summed E-state index contributed by atoms with van der Waals surface area (Å²) < 4.78 is 1.51. The zero-order valence-corrected chi connectivity index (χ0v) is 11.6. The first-order chi connectivity index (χ1) is 9.22. The number of nitrogens with one attached hydrogen (secondary N) is 1. The number of anilines is 1. The van der Waals surface area contributed by atoms with Crippen molar-refractivity contribution in [2.75, 3.05) is 11.9 Å². The predicted octanol–water partition coefficient (Wildman–Crippen LogP) is 2.52. The van der Waals surface area contributed by atoms with E-state index in [9.17, 15) is 4.79 Å². The van der Waals surface area contributed by atoms with Gasteiger partial charge in [0.1, 0.15) is 5.69 Å². The monoisotopic (exact) mass is 279 g/mol. The van der Waals surface area contributed by atoms with Gasteiger partial charge >= 0.3 is 0 Å². The normalized spacial score (nSPS) is 14.7. The van der Waals surface area contributed by atoms with Crippen LogP contribution in [-0.2, 0) is 6.54 Å². The lowest BCUT2D eigenvalue weighted by Gasteiger charge is -2.25. The molecule has 19 heavy (non-hydrogen) atoms. The Morgan fingerprint density at radius 3 is 3.00 bits per heavy atom. The molecule has 1 saturated carbocycles. The quantitative estimate of drug-likeness (QED) is 0.643. The second-order valence-electron chi connectivity index (χ2n) is 4.89. The molecule has 4 nitrogen and oxygen atoms in total. The van der Waals surface area contributed by atoms with Gasteiger partial charge in [-0.15, -0.1) is 12.3 Å². The van der Waals surface area contributed by atoms with E-state index in [1.165, 1.54) is 30.1 Å². The molecule has 1 aliphatic carbocycles. The number of rotatable bonds is 6. The van der Waals surface area contributed by atoms with Crippen molar-refractivity contribution in [3.63, 3.8) is 0 Å². The van der Waals surface area contributed by atoms with E-state index in [0.717, 1.165) is 6.42 Å². The molecule has 1 heterocycles. The molecule has 0 atom stereocenters. The summed E-state index contributed by atoms with van der Waals surface area (Å²) >= 11 is 6.02. The summed E-state index contributed by atoms with van der Waals surface area (Å²) in [6.07, 6.45) is 11.8. The number of terminal acetylenes is 1. The molecule has 0 spiro atoms. The average molecular weight is 280 g/mol. The van der Waals surface area contributed by atoms with Gasteiger partial charge in [0.25, 0.3) is 5.56 Å². The van der Waals surface area contributed by atoms with E-state index in [1.54, 1.807) is 0 Å². The van der Waals surface area contributed by atoms with Crippen molar-refractivity contribution in [3.05, 3.63) is 21.6 Å². The highest BCUT2D eigenvalue weighted by atomic mass is 35.5. The fraction of sp³-hybridized carbons (Fsp3) is 0.571. The molecule has 102 valence electrons. The van der Waals surface area contributed by atoms with Gasteiger partial charge in [-0.05, 0) is 25.2 Å². The van der Waals surface area contributed by atoms with Crippen LogP contribution in [0.4, 0.5) is 5.69 Å². The van der Waals surface area contributed by atoms with Crippen LogP contribution in [0.3, 0.4) is 0 Å². The van der Waals surface area contributed by atoms with E-state index in [4.69, 9.17) is 18.0 Å². The van der Waals surface area contributed by atoms with Crippen molar-refractivity contribution in [2.45, 2.75) is 38.6 Å². The minimum absolute atomic E-state index is 0.139. The molecule has 0 unspecified atom stereocenters. The van der Waals surface area contributed by atoms with Gasteiger partial charge in [-0.25, -0.2) is 4.68 Å². The van der Waals surface area contributed by atoms with Crippen LogP contribution in [0.15, 0.2) is 11.0 Å². The van der Waals surface area contributed by atoms with Crippen LogP contribution in [0.1, 0.15) is 32.1 Å². The van der Waals surface area contributed by atoms with Crippen LogP contribution in [-0.4, -0.2) is 16.3 Å². The van der Waals surface area contributed by atoms with Gasteiger partial charge in [-0.3, -0.25) is 4.79 Å². The molecular formula is C14H18ClN3O. The van der Waals surface area contributed by atoms with Crippen LogP contribution in [0.2, 0.25) is 5.02 Å². The van der Waals surface area contributed by atoms with Crippen molar-refractivity contribution < 1.29 is 0 Å².